The minimum absolute atomic E-state index is 0. The molecule has 2 aromatic carbocycles. The Morgan fingerprint density at radius 3 is 2.44 bits per heavy atom. The highest BCUT2D eigenvalue weighted by molar-refractivity contribution is 5.85. The van der Waals surface area contributed by atoms with Gasteiger partial charge in [-0.15, -0.1) is 12.4 Å². The van der Waals surface area contributed by atoms with Crippen LogP contribution in [0.5, 0.6) is 5.75 Å². The highest BCUT2D eigenvalue weighted by Crippen LogP contribution is 2.33. The van der Waals surface area contributed by atoms with E-state index in [9.17, 15) is 0 Å². The first-order chi connectivity index (χ1) is 12.8. The second kappa shape index (κ2) is 9.61. The fourth-order valence-electron chi connectivity index (χ4n) is 4.86. The lowest BCUT2D eigenvalue weighted by Gasteiger charge is -2.36. The van der Waals surface area contributed by atoms with Gasteiger partial charge in [0, 0.05) is 6.54 Å². The third-order valence-electron chi connectivity index (χ3n) is 6.36. The lowest BCUT2D eigenvalue weighted by atomic mass is 9.82. The summed E-state index contributed by atoms with van der Waals surface area (Å²) in [4.78, 5) is 2.71. The zero-order valence-corrected chi connectivity index (χ0v) is 17.2. The van der Waals surface area contributed by atoms with Crippen LogP contribution in [-0.4, -0.2) is 31.6 Å². The average molecular weight is 386 g/mol. The van der Waals surface area contributed by atoms with Gasteiger partial charge in [-0.3, -0.25) is 0 Å². The Balaban J connectivity index is 0.00000210. The Kier molecular flexibility index (Phi) is 7.20. The Bertz CT molecular complexity index is 695. The van der Waals surface area contributed by atoms with Crippen molar-refractivity contribution in [1.29, 1.82) is 0 Å². The monoisotopic (exact) mass is 385 g/mol. The number of ether oxygens (including phenoxy) is 1. The van der Waals surface area contributed by atoms with Crippen LogP contribution in [0.4, 0.5) is 0 Å². The molecule has 2 aromatic rings. The predicted octanol–water partition coefficient (Wildman–Crippen LogP) is 5.18. The van der Waals surface area contributed by atoms with E-state index in [0.717, 1.165) is 17.6 Å². The van der Waals surface area contributed by atoms with Crippen LogP contribution >= 0.6 is 12.4 Å². The van der Waals surface area contributed by atoms with Crippen LogP contribution in [0.3, 0.4) is 0 Å². The number of nitrogens with zero attached hydrogens (tertiary/aromatic N) is 1. The number of benzene rings is 2. The molecule has 0 saturated carbocycles. The van der Waals surface area contributed by atoms with Gasteiger partial charge < -0.3 is 9.64 Å². The highest BCUT2D eigenvalue weighted by Gasteiger charge is 2.26. The average Bonchev–Trinajstić information content (AvgIpc) is 2.70. The molecule has 0 aromatic heterocycles. The van der Waals surface area contributed by atoms with Crippen molar-refractivity contribution in [2.45, 2.75) is 38.5 Å². The van der Waals surface area contributed by atoms with E-state index in [4.69, 9.17) is 4.74 Å². The molecule has 146 valence electrons. The molecule has 1 fully saturated rings. The van der Waals surface area contributed by atoms with Gasteiger partial charge in [0.2, 0.25) is 0 Å². The van der Waals surface area contributed by atoms with Gasteiger partial charge in [-0.05, 0) is 86.2 Å². The third-order valence-corrected chi connectivity index (χ3v) is 6.36. The Morgan fingerprint density at radius 1 is 0.926 bits per heavy atom. The fourth-order valence-corrected chi connectivity index (χ4v) is 4.86. The summed E-state index contributed by atoms with van der Waals surface area (Å²) in [5.41, 5.74) is 4.47. The minimum atomic E-state index is 0. The van der Waals surface area contributed by atoms with E-state index < -0.39 is 0 Å². The first kappa shape index (κ1) is 20.2. The van der Waals surface area contributed by atoms with Crippen LogP contribution in [0.25, 0.3) is 0 Å². The van der Waals surface area contributed by atoms with E-state index in [2.05, 4.69) is 53.4 Å². The molecule has 2 nitrogen and oxygen atoms in total. The molecule has 1 aliphatic heterocycles. The van der Waals surface area contributed by atoms with E-state index in [0.29, 0.717) is 0 Å². The highest BCUT2D eigenvalue weighted by atomic mass is 35.5. The lowest BCUT2D eigenvalue weighted by molar-refractivity contribution is 0.154. The molecule has 0 amide bonds. The van der Waals surface area contributed by atoms with Gasteiger partial charge in [0.25, 0.3) is 0 Å². The van der Waals surface area contributed by atoms with Crippen molar-refractivity contribution in [3.63, 3.8) is 0 Å². The van der Waals surface area contributed by atoms with E-state index >= 15 is 0 Å². The second-order valence-electron chi connectivity index (χ2n) is 8.14. The number of methoxy groups -OCH3 is 1. The molecular weight excluding hydrogens is 354 g/mol. The van der Waals surface area contributed by atoms with Crippen molar-refractivity contribution in [1.82, 2.24) is 4.90 Å². The SMILES string of the molecule is COc1cccc2c1CC(CN1CCC(Cc3ccccc3)CC1)CC2.Cl. The largest absolute Gasteiger partial charge is 0.496 e. The topological polar surface area (TPSA) is 12.5 Å². The van der Waals surface area contributed by atoms with Crippen LogP contribution in [0, 0.1) is 11.8 Å². The van der Waals surface area contributed by atoms with Gasteiger partial charge in [0.15, 0.2) is 0 Å². The zero-order valence-electron chi connectivity index (χ0n) is 16.4. The number of hydrogen-bond donors (Lipinski definition) is 0. The molecule has 0 radical (unpaired) electrons. The Morgan fingerprint density at radius 2 is 1.70 bits per heavy atom. The number of fused-ring (bicyclic) bond motifs is 1. The van der Waals surface area contributed by atoms with Crippen molar-refractivity contribution in [3.8, 4) is 5.75 Å². The van der Waals surface area contributed by atoms with E-state index in [1.165, 1.54) is 74.8 Å². The lowest BCUT2D eigenvalue weighted by Crippen LogP contribution is -2.38. The first-order valence-electron chi connectivity index (χ1n) is 10.2. The van der Waals surface area contributed by atoms with E-state index in [-0.39, 0.29) is 12.4 Å². The summed E-state index contributed by atoms with van der Waals surface area (Å²) in [7, 11) is 1.80. The van der Waals surface area contributed by atoms with E-state index in [1.54, 1.807) is 7.11 Å². The van der Waals surface area contributed by atoms with Gasteiger partial charge in [-0.1, -0.05) is 42.5 Å². The van der Waals surface area contributed by atoms with Crippen molar-refractivity contribution in [2.75, 3.05) is 26.7 Å². The molecule has 1 heterocycles. The van der Waals surface area contributed by atoms with Crippen molar-refractivity contribution < 1.29 is 4.74 Å². The summed E-state index contributed by atoms with van der Waals surface area (Å²) in [5.74, 6) is 2.74. The molecule has 0 spiro atoms. The fraction of sp³-hybridized carbons (Fsp3) is 0.500. The zero-order chi connectivity index (χ0) is 17.8. The summed E-state index contributed by atoms with van der Waals surface area (Å²) in [5, 5.41) is 0. The van der Waals surface area contributed by atoms with Gasteiger partial charge in [0.05, 0.1) is 7.11 Å². The van der Waals surface area contributed by atoms with Crippen LogP contribution in [0.2, 0.25) is 0 Å². The molecule has 1 unspecified atom stereocenters. The van der Waals surface area contributed by atoms with Gasteiger partial charge in [-0.2, -0.15) is 0 Å². The van der Waals surface area contributed by atoms with Crippen LogP contribution in [0.15, 0.2) is 48.5 Å². The third kappa shape index (κ3) is 5.06. The summed E-state index contributed by atoms with van der Waals surface area (Å²) < 4.78 is 5.61. The number of rotatable bonds is 5. The molecule has 27 heavy (non-hydrogen) atoms. The molecule has 1 aliphatic carbocycles. The van der Waals surface area contributed by atoms with Gasteiger partial charge >= 0.3 is 0 Å². The molecule has 2 aliphatic rings. The molecule has 0 N–H and O–H groups in total. The Labute approximate surface area is 170 Å². The number of halogens is 1. The van der Waals surface area contributed by atoms with Crippen molar-refractivity contribution in [3.05, 3.63) is 65.2 Å². The minimum Gasteiger partial charge on any atom is -0.496 e. The second-order valence-corrected chi connectivity index (χ2v) is 8.14. The normalized spacial score (nSPS) is 20.6. The molecule has 1 saturated heterocycles. The quantitative estimate of drug-likeness (QED) is 0.703. The molecular formula is C24H32ClNO. The van der Waals surface area contributed by atoms with Gasteiger partial charge in [0.1, 0.15) is 5.75 Å². The predicted molar refractivity (Wildman–Crippen MR) is 115 cm³/mol. The molecule has 1 atom stereocenters. The van der Waals surface area contributed by atoms with Crippen molar-refractivity contribution >= 4 is 12.4 Å². The summed E-state index contributed by atoms with van der Waals surface area (Å²) >= 11 is 0. The van der Waals surface area contributed by atoms with Crippen LogP contribution < -0.4 is 4.74 Å². The maximum absolute atomic E-state index is 5.61. The van der Waals surface area contributed by atoms with Crippen molar-refractivity contribution in [2.24, 2.45) is 11.8 Å². The number of likely N-dealkylation sites (tertiary alicyclic amines) is 1. The Hall–Kier alpha value is -1.51. The smallest absolute Gasteiger partial charge is 0.122 e. The standard InChI is InChI=1S/C24H31NO.ClH/c1-26-24-9-5-8-22-11-10-21(17-23(22)24)18-25-14-12-20(13-15-25)16-19-6-3-2-4-7-19;/h2-9,20-21H,10-18H2,1H3;1H. The molecule has 4 rings (SSSR count). The first-order valence-corrected chi connectivity index (χ1v) is 10.2. The summed E-state index contributed by atoms with van der Waals surface area (Å²) in [6.07, 6.45) is 7.67. The number of aryl methyl sites for hydroxylation is 1. The molecule has 3 heteroatoms. The van der Waals surface area contributed by atoms with Crippen LogP contribution in [-0.2, 0) is 19.3 Å². The molecule has 0 bridgehead atoms. The summed E-state index contributed by atoms with van der Waals surface area (Å²) in [6, 6.07) is 17.5. The maximum atomic E-state index is 5.61. The number of hydrogen-bond acceptors (Lipinski definition) is 2. The van der Waals surface area contributed by atoms with Crippen LogP contribution in [0.1, 0.15) is 36.0 Å². The maximum Gasteiger partial charge on any atom is 0.122 e. The van der Waals surface area contributed by atoms with Gasteiger partial charge in [-0.25, -0.2) is 0 Å². The number of piperidine rings is 1. The van der Waals surface area contributed by atoms with E-state index in [1.807, 2.05) is 0 Å². The summed E-state index contributed by atoms with van der Waals surface area (Å²) in [6.45, 7) is 3.80.